The molecular weight excluding hydrogens is 1620 g/mol. The molecule has 5 fully saturated rings. The van der Waals surface area contributed by atoms with Crippen molar-refractivity contribution >= 4 is 119 Å². The molecule has 43 nitrogen and oxygen atoms in total. The summed E-state index contributed by atoms with van der Waals surface area (Å²) in [4.78, 5) is 210. The first-order chi connectivity index (χ1) is 55.1. The highest BCUT2D eigenvalue weighted by Crippen LogP contribution is 2.43. The van der Waals surface area contributed by atoms with E-state index in [-0.39, 0.29) is 11.5 Å². The Morgan fingerprint density at radius 3 is 0.838 bits per heavy atom. The van der Waals surface area contributed by atoms with E-state index in [2.05, 4.69) is 0 Å². The van der Waals surface area contributed by atoms with Crippen molar-refractivity contribution in [3.8, 4) is 5.75 Å². The van der Waals surface area contributed by atoms with E-state index in [1.807, 2.05) is 0 Å². The van der Waals surface area contributed by atoms with Crippen LogP contribution < -0.4 is 4.74 Å². The second-order valence-electron chi connectivity index (χ2n) is 26.3. The number of benzene rings is 2. The standard InChI is InChI=1S/C72H88ClNO42S/c1-29(75)92-24-48-53(58(97-34(6)80)63(102-39(11)85)68(108-48)107-47-22-21-44(74(90)91)23-46(47)73)113-69-64(103-40(12)86)59(98-35(7)81)54(49(109-69)25-93-30(2)76)114-70-65(104-41(13)87)60(99-36(8)82)55(50(110-70)26-94-31(3)77)115-71-66(105-42(14)88)61(100-37(9)83)56(51(111-71)27-95-32(4)78)116-72-67(106-43(15)89)62(101-38(10)84)57(96-33(5)79)52(112-72)28-117-45-19-17-16-18-20-45/h16-23,48-72H,24-28H2,1-15H3/t48-,49-,50-,51-,52-,53-,54-,55-,56-,57-,58+,59+,60+,61+,62+,63-,64-,65-,66-,67-,68-,69-,70-,71-,72-/m1/s1. The molecular formula is C72H88ClNO42S. The largest absolute Gasteiger partial charge is 0.463 e. The van der Waals surface area contributed by atoms with Crippen molar-refractivity contribution in [2.75, 3.05) is 32.2 Å². The number of esters is 15. The second kappa shape index (κ2) is 43.4. The molecule has 45 heteroatoms. The Kier molecular flexibility index (Phi) is 34.9. The predicted octanol–water partition coefficient (Wildman–Crippen LogP) is 2.09. The zero-order valence-electron chi connectivity index (χ0n) is 65.5. The summed E-state index contributed by atoms with van der Waals surface area (Å²) >= 11 is 7.58. The molecule has 0 amide bonds. The maximum Gasteiger partial charge on any atom is 0.303 e. The van der Waals surface area contributed by atoms with Crippen molar-refractivity contribution < 1.29 is 195 Å². The fourth-order valence-corrected chi connectivity index (χ4v) is 13.9. The molecule has 0 saturated carbocycles. The van der Waals surface area contributed by atoms with Crippen LogP contribution in [0.4, 0.5) is 5.69 Å². The number of carbonyl (C=O) groups excluding carboxylic acids is 15. The number of rotatable bonds is 33. The second-order valence-corrected chi connectivity index (χ2v) is 27.8. The Hall–Kier alpha value is -10.0. The molecule has 646 valence electrons. The normalized spacial score (nSPS) is 30.5. The average Bonchev–Trinajstić information content (AvgIpc) is 0.772. The number of hydrogen-bond donors (Lipinski definition) is 0. The zero-order chi connectivity index (χ0) is 86.6. The molecule has 0 aliphatic carbocycles. The third kappa shape index (κ3) is 27.5. The third-order valence-corrected chi connectivity index (χ3v) is 18.2. The van der Waals surface area contributed by atoms with Gasteiger partial charge in [-0.05, 0) is 18.2 Å². The minimum atomic E-state index is -2.36. The van der Waals surface area contributed by atoms with Gasteiger partial charge in [-0.15, -0.1) is 11.8 Å². The monoisotopic (exact) mass is 1710 g/mol. The Bertz CT molecular complexity index is 3920. The van der Waals surface area contributed by atoms with Crippen molar-refractivity contribution in [1.29, 1.82) is 0 Å². The summed E-state index contributed by atoms with van der Waals surface area (Å²) in [6.45, 7) is 9.94. The minimum absolute atomic E-state index is 0.126. The maximum absolute atomic E-state index is 13.8. The van der Waals surface area contributed by atoms with Crippen molar-refractivity contribution in [1.82, 2.24) is 0 Å². The van der Waals surface area contributed by atoms with Gasteiger partial charge in [0.15, 0.2) is 86.2 Å². The summed E-state index contributed by atoms with van der Waals surface area (Å²) in [6, 6.07) is 11.6. The molecule has 7 rings (SSSR count). The smallest absolute Gasteiger partial charge is 0.303 e. The molecule has 2 aromatic carbocycles. The Morgan fingerprint density at radius 1 is 0.325 bits per heavy atom. The lowest BCUT2D eigenvalue weighted by molar-refractivity contribution is -0.392. The third-order valence-electron chi connectivity index (χ3n) is 16.8. The lowest BCUT2D eigenvalue weighted by atomic mass is 9.94. The van der Waals surface area contributed by atoms with Crippen LogP contribution in [0.3, 0.4) is 0 Å². The van der Waals surface area contributed by atoms with E-state index in [9.17, 15) is 82.0 Å². The minimum Gasteiger partial charge on any atom is -0.463 e. The Balaban J connectivity index is 1.36. The highest BCUT2D eigenvalue weighted by Gasteiger charge is 2.63. The van der Waals surface area contributed by atoms with Gasteiger partial charge in [-0.1, -0.05) is 29.8 Å². The summed E-state index contributed by atoms with van der Waals surface area (Å²) in [5, 5.41) is 11.3. The summed E-state index contributed by atoms with van der Waals surface area (Å²) in [5.74, 6) is -16.9. The molecule has 5 aliphatic rings. The molecule has 5 saturated heterocycles. The van der Waals surface area contributed by atoms with Gasteiger partial charge in [-0.2, -0.15) is 0 Å². The molecule has 117 heavy (non-hydrogen) atoms. The van der Waals surface area contributed by atoms with E-state index in [4.69, 9.17) is 130 Å². The average molecular weight is 1710 g/mol. The van der Waals surface area contributed by atoms with Crippen LogP contribution in [-0.4, -0.2) is 280 Å². The maximum atomic E-state index is 13.8. The predicted molar refractivity (Wildman–Crippen MR) is 376 cm³/mol. The molecule has 5 heterocycles. The van der Waals surface area contributed by atoms with Gasteiger partial charge in [0.1, 0.15) is 87.1 Å². The first kappa shape index (κ1) is 94.1. The van der Waals surface area contributed by atoms with Crippen LogP contribution in [0.5, 0.6) is 5.75 Å². The fraction of sp³-hybridized carbons (Fsp3) is 0.625. The van der Waals surface area contributed by atoms with Crippen molar-refractivity contribution in [2.24, 2.45) is 0 Å². The lowest BCUT2D eigenvalue weighted by Gasteiger charge is -2.51. The molecule has 0 spiro atoms. The number of non-ortho nitro benzene ring substituents is 1. The van der Waals surface area contributed by atoms with Gasteiger partial charge in [-0.3, -0.25) is 82.0 Å². The van der Waals surface area contributed by atoms with Gasteiger partial charge < -0.3 is 118 Å². The van der Waals surface area contributed by atoms with Gasteiger partial charge in [0, 0.05) is 127 Å². The summed E-state index contributed by atoms with van der Waals surface area (Å²) in [6.07, 6.45) is -50.8. The number of nitro groups is 1. The molecule has 0 N–H and O–H groups in total. The number of nitrogens with zero attached hydrogens (tertiary/aromatic N) is 1. The van der Waals surface area contributed by atoms with E-state index >= 15 is 0 Å². The molecule has 0 bridgehead atoms. The van der Waals surface area contributed by atoms with Gasteiger partial charge in [0.05, 0.1) is 9.95 Å². The number of carbonyl (C=O) groups is 15. The molecule has 2 aromatic rings. The number of halogens is 1. The van der Waals surface area contributed by atoms with Crippen LogP contribution in [0.25, 0.3) is 0 Å². The van der Waals surface area contributed by atoms with Crippen molar-refractivity contribution in [2.45, 2.75) is 262 Å². The van der Waals surface area contributed by atoms with Crippen LogP contribution >= 0.6 is 23.4 Å². The number of nitro benzene ring substituents is 1. The SMILES string of the molecule is CC(=O)OC[C@H]1O[C@@H](Oc2ccc([N+](=O)[O-])cc2Cl)[C@H](OC(C)=O)[C@@H](OC(C)=O)[C@@H]1O[C@H]1O[C@H](COC(C)=O)[C@@H](O[C@H]2O[C@H](COC(C)=O)[C@@H](O[C@H]3O[C@H](COC(C)=O)[C@@H](O[C@H]4O[C@H](CSc5ccccc5)[C@@H](OC(C)=O)[C@H](OC(C)=O)[C@H]4OC(C)=O)[C@H](OC(C)=O)[C@H]3OC(C)=O)[C@H](OC(C)=O)[C@H]2OC(C)=O)[C@H](OC(C)=O)[C@H]1OC(C)=O. The topological polar surface area (TPSA) is 530 Å². The molecule has 5 aliphatic heterocycles. The summed E-state index contributed by atoms with van der Waals surface area (Å²) in [7, 11) is 0. The Labute approximate surface area is 675 Å². The van der Waals surface area contributed by atoms with E-state index < -0.39 is 285 Å². The van der Waals surface area contributed by atoms with Crippen LogP contribution in [0, 0.1) is 10.1 Å². The quantitative estimate of drug-likeness (QED) is 0.0324. The molecule has 0 unspecified atom stereocenters. The van der Waals surface area contributed by atoms with Crippen LogP contribution in [-0.2, 0) is 186 Å². The van der Waals surface area contributed by atoms with E-state index in [1.165, 1.54) is 0 Å². The molecule has 0 aromatic heterocycles. The van der Waals surface area contributed by atoms with E-state index in [0.717, 1.165) is 134 Å². The number of thioether (sulfide) groups is 1. The van der Waals surface area contributed by atoms with Crippen molar-refractivity contribution in [3.63, 3.8) is 0 Å². The van der Waals surface area contributed by atoms with E-state index in [1.54, 1.807) is 30.3 Å². The number of ether oxygens (including phenoxy) is 25. The van der Waals surface area contributed by atoms with Crippen LogP contribution in [0.1, 0.15) is 104 Å². The number of hydrogen-bond acceptors (Lipinski definition) is 43. The fourth-order valence-electron chi connectivity index (χ4n) is 12.7. The highest BCUT2D eigenvalue weighted by molar-refractivity contribution is 7.99. The summed E-state index contributed by atoms with van der Waals surface area (Å²) < 4.78 is 151. The molecule has 25 atom stereocenters. The molecule has 0 radical (unpaired) electrons. The van der Waals surface area contributed by atoms with Gasteiger partial charge in [-0.25, -0.2) is 0 Å². The first-order valence-electron chi connectivity index (χ1n) is 35.7. The van der Waals surface area contributed by atoms with Crippen molar-refractivity contribution in [3.05, 3.63) is 63.7 Å². The van der Waals surface area contributed by atoms with Gasteiger partial charge in [0.25, 0.3) is 5.69 Å². The lowest BCUT2D eigenvalue weighted by Crippen LogP contribution is -2.70. The first-order valence-corrected chi connectivity index (χ1v) is 37.0. The Morgan fingerprint density at radius 2 is 0.573 bits per heavy atom. The zero-order valence-corrected chi connectivity index (χ0v) is 67.0. The highest BCUT2D eigenvalue weighted by atomic mass is 35.5. The van der Waals surface area contributed by atoms with Gasteiger partial charge >= 0.3 is 89.5 Å². The summed E-state index contributed by atoms with van der Waals surface area (Å²) in [5.41, 5.74) is -0.495. The van der Waals surface area contributed by atoms with Crippen LogP contribution in [0.2, 0.25) is 5.02 Å². The van der Waals surface area contributed by atoms with E-state index in [0.29, 0.717) is 4.90 Å². The van der Waals surface area contributed by atoms with Gasteiger partial charge in [0.2, 0.25) is 12.4 Å². The van der Waals surface area contributed by atoms with Crippen LogP contribution in [0.15, 0.2) is 53.4 Å².